The maximum Gasteiger partial charge on any atom is 0.479 e. The second kappa shape index (κ2) is 10.6. The van der Waals surface area contributed by atoms with E-state index in [0.29, 0.717) is 0 Å². The SMILES string of the molecule is CC1O[C@H](CP(=O)(O)OP(=O)(O)OC[C@H]2O[C@@H](n3cnc4c(=O)[nH]c(N)nc43)C(O)C2O)C(O)C(O)[C@@H]1O. The molecule has 2 aliphatic rings. The first-order valence-electron chi connectivity index (χ1n) is 11.0. The van der Waals surface area contributed by atoms with Crippen molar-refractivity contribution < 1.29 is 62.8 Å². The molecule has 0 bridgehead atoms. The van der Waals surface area contributed by atoms with Gasteiger partial charge in [0.2, 0.25) is 5.95 Å². The van der Waals surface area contributed by atoms with Crippen LogP contribution in [0.15, 0.2) is 11.1 Å². The summed E-state index contributed by atoms with van der Waals surface area (Å²) in [5, 5.41) is 50.3. The third-order valence-electron chi connectivity index (χ3n) is 6.06. The van der Waals surface area contributed by atoms with Gasteiger partial charge in [-0.25, -0.2) is 13.9 Å². The average Bonchev–Trinajstić information content (AvgIpc) is 3.35. The van der Waals surface area contributed by atoms with Gasteiger partial charge >= 0.3 is 15.4 Å². The van der Waals surface area contributed by atoms with Crippen LogP contribution in [0.5, 0.6) is 0 Å². The fourth-order valence-electron chi connectivity index (χ4n) is 4.13. The Morgan fingerprint density at radius 1 is 1.05 bits per heavy atom. The van der Waals surface area contributed by atoms with Gasteiger partial charge < -0.3 is 50.5 Å². The molecule has 0 saturated carbocycles. The van der Waals surface area contributed by atoms with E-state index in [9.17, 15) is 49.2 Å². The first-order valence-corrected chi connectivity index (χ1v) is 14.3. The topological polar surface area (TPSA) is 302 Å². The van der Waals surface area contributed by atoms with Crippen LogP contribution in [0.2, 0.25) is 0 Å². The molecule has 2 aliphatic heterocycles. The van der Waals surface area contributed by atoms with Gasteiger partial charge in [-0.05, 0) is 6.92 Å². The maximum absolute atomic E-state index is 12.4. The predicted octanol–water partition coefficient (Wildman–Crippen LogP) is -3.49. The standard InChI is InChI=1S/C17H27N5O14P2/c1-5-9(23)12(26)11(25)7(34-5)3-37(29,30)36-38(31,32)33-2-6-10(24)13(27)16(35-6)22-4-19-8-14(22)20-17(18)21-15(8)28/h4-7,9-13,16,23-27H,2-3H2,1H3,(H,29,30)(H,31,32)(H3,18,20,21,28)/t5?,6-,7-,9-,10?,11?,12?,13?,16-/m1/s1. The van der Waals surface area contributed by atoms with Crippen molar-refractivity contribution in [1.82, 2.24) is 19.5 Å². The van der Waals surface area contributed by atoms with Crippen LogP contribution in [-0.2, 0) is 27.4 Å². The maximum atomic E-state index is 12.4. The summed E-state index contributed by atoms with van der Waals surface area (Å²) in [6.07, 6.45) is -13.7. The van der Waals surface area contributed by atoms with Gasteiger partial charge in [-0.1, -0.05) is 0 Å². The smallest absolute Gasteiger partial charge is 0.388 e. The van der Waals surface area contributed by atoms with Gasteiger partial charge in [-0.3, -0.25) is 23.4 Å². The first-order chi connectivity index (χ1) is 17.6. The first kappa shape index (κ1) is 29.2. The molecule has 2 aromatic heterocycles. The number of phosphoric acid groups is 1. The Kier molecular flexibility index (Phi) is 8.15. The lowest BCUT2D eigenvalue weighted by molar-refractivity contribution is -0.211. The number of aliphatic hydroxyl groups is 5. The number of nitrogens with two attached hydrogens (primary N) is 1. The molecule has 7 unspecified atom stereocenters. The lowest BCUT2D eigenvalue weighted by Crippen LogP contribution is -2.57. The van der Waals surface area contributed by atoms with E-state index in [1.807, 2.05) is 0 Å². The minimum atomic E-state index is -5.30. The molecule has 2 aromatic rings. The number of rotatable bonds is 8. The van der Waals surface area contributed by atoms with E-state index in [2.05, 4.69) is 23.8 Å². The molecule has 2 saturated heterocycles. The van der Waals surface area contributed by atoms with Gasteiger partial charge in [-0.2, -0.15) is 4.98 Å². The number of nitrogen functional groups attached to an aromatic ring is 1. The van der Waals surface area contributed by atoms with Crippen LogP contribution in [0.1, 0.15) is 13.2 Å². The van der Waals surface area contributed by atoms with Crippen LogP contribution in [0.4, 0.5) is 5.95 Å². The molecule has 214 valence electrons. The number of H-pyrrole nitrogens is 1. The number of phosphoric ester groups is 1. The number of anilines is 1. The third kappa shape index (κ3) is 5.85. The van der Waals surface area contributed by atoms with Gasteiger partial charge in [0.15, 0.2) is 17.4 Å². The van der Waals surface area contributed by atoms with Crippen LogP contribution in [0, 0.1) is 0 Å². The lowest BCUT2D eigenvalue weighted by Gasteiger charge is -2.39. The molecule has 10 N–H and O–H groups in total. The quantitative estimate of drug-likeness (QED) is 0.135. The highest BCUT2D eigenvalue weighted by Gasteiger charge is 2.48. The number of nitrogens with one attached hydrogen (secondary N) is 1. The van der Waals surface area contributed by atoms with Crippen molar-refractivity contribution in [3.8, 4) is 0 Å². The van der Waals surface area contributed by atoms with Crippen LogP contribution in [0.3, 0.4) is 0 Å². The van der Waals surface area contributed by atoms with Crippen LogP contribution < -0.4 is 11.3 Å². The minimum Gasteiger partial charge on any atom is -0.388 e. The summed E-state index contributed by atoms with van der Waals surface area (Å²) < 4.78 is 45.6. The Hall–Kier alpha value is -1.83. The normalized spacial score (nSPS) is 37.2. The summed E-state index contributed by atoms with van der Waals surface area (Å²) >= 11 is 0. The molecule has 0 amide bonds. The summed E-state index contributed by atoms with van der Waals surface area (Å²) in [5.74, 6) is -0.254. The fraction of sp³-hybridized carbons (Fsp3) is 0.706. The van der Waals surface area contributed by atoms with Crippen molar-refractivity contribution in [2.24, 2.45) is 0 Å². The molecule has 38 heavy (non-hydrogen) atoms. The zero-order chi connectivity index (χ0) is 28.2. The Labute approximate surface area is 212 Å². The van der Waals surface area contributed by atoms with Crippen LogP contribution in [-0.4, -0.2) is 116 Å². The molecule has 4 heterocycles. The Balaban J connectivity index is 1.39. The number of imidazole rings is 1. The molecule has 2 fully saturated rings. The summed E-state index contributed by atoms with van der Waals surface area (Å²) in [5.41, 5.74) is 4.64. The van der Waals surface area contributed by atoms with Gasteiger partial charge in [0, 0.05) is 0 Å². The van der Waals surface area contributed by atoms with E-state index in [1.54, 1.807) is 0 Å². The van der Waals surface area contributed by atoms with Crippen LogP contribution >= 0.6 is 15.4 Å². The zero-order valence-electron chi connectivity index (χ0n) is 19.5. The highest BCUT2D eigenvalue weighted by atomic mass is 31.3. The molecule has 0 spiro atoms. The van der Waals surface area contributed by atoms with E-state index >= 15 is 0 Å². The predicted molar refractivity (Wildman–Crippen MR) is 122 cm³/mol. The van der Waals surface area contributed by atoms with E-state index in [1.165, 1.54) is 6.92 Å². The van der Waals surface area contributed by atoms with Crippen molar-refractivity contribution >= 4 is 32.5 Å². The zero-order valence-corrected chi connectivity index (χ0v) is 21.3. The summed E-state index contributed by atoms with van der Waals surface area (Å²) in [4.78, 5) is 42.0. The number of nitrogens with zero attached hydrogens (tertiary/aromatic N) is 3. The number of aliphatic hydroxyl groups excluding tert-OH is 5. The number of ether oxygens (including phenoxy) is 2. The Bertz CT molecular complexity index is 1320. The van der Waals surface area contributed by atoms with Gasteiger partial charge in [0.1, 0.15) is 36.6 Å². The molecule has 4 rings (SSSR count). The van der Waals surface area contributed by atoms with Crippen molar-refractivity contribution in [2.75, 3.05) is 18.5 Å². The average molecular weight is 587 g/mol. The summed E-state index contributed by atoms with van der Waals surface area (Å²) in [6, 6.07) is 0. The molecular formula is C17H27N5O14P2. The van der Waals surface area contributed by atoms with Gasteiger partial charge in [0.25, 0.3) is 5.56 Å². The Morgan fingerprint density at radius 3 is 2.39 bits per heavy atom. The van der Waals surface area contributed by atoms with E-state index in [-0.39, 0.29) is 17.1 Å². The number of aromatic nitrogens is 4. The lowest BCUT2D eigenvalue weighted by atomic mass is 9.96. The van der Waals surface area contributed by atoms with Crippen molar-refractivity contribution in [1.29, 1.82) is 0 Å². The number of fused-ring (bicyclic) bond motifs is 1. The molecule has 0 radical (unpaired) electrons. The molecule has 19 nitrogen and oxygen atoms in total. The number of aromatic amines is 1. The van der Waals surface area contributed by atoms with Crippen molar-refractivity contribution in [3.63, 3.8) is 0 Å². The molecular weight excluding hydrogens is 560 g/mol. The summed E-state index contributed by atoms with van der Waals surface area (Å²) in [6.45, 7) is 0.427. The molecule has 21 heteroatoms. The minimum absolute atomic E-state index is 0.0828. The third-order valence-corrected chi connectivity index (χ3v) is 9.20. The van der Waals surface area contributed by atoms with E-state index < -0.39 is 88.8 Å². The van der Waals surface area contributed by atoms with E-state index in [4.69, 9.17) is 15.2 Å². The van der Waals surface area contributed by atoms with Gasteiger partial charge in [0.05, 0.1) is 31.3 Å². The Morgan fingerprint density at radius 2 is 1.71 bits per heavy atom. The largest absolute Gasteiger partial charge is 0.479 e. The van der Waals surface area contributed by atoms with E-state index in [0.717, 1.165) is 10.9 Å². The van der Waals surface area contributed by atoms with Crippen molar-refractivity contribution in [3.05, 3.63) is 16.7 Å². The highest BCUT2D eigenvalue weighted by molar-refractivity contribution is 7.64. The summed E-state index contributed by atoms with van der Waals surface area (Å²) in [7, 11) is -10.3. The van der Waals surface area contributed by atoms with Gasteiger partial charge in [-0.15, -0.1) is 0 Å². The monoisotopic (exact) mass is 587 g/mol. The molecule has 0 aliphatic carbocycles. The second-order valence-electron chi connectivity index (χ2n) is 8.84. The fourth-order valence-corrected chi connectivity index (χ4v) is 6.96. The molecule has 0 aromatic carbocycles. The number of hydrogen-bond donors (Lipinski definition) is 9. The highest BCUT2D eigenvalue weighted by Crippen LogP contribution is 2.60. The molecule has 11 atom stereocenters. The van der Waals surface area contributed by atoms with Crippen molar-refractivity contribution in [2.45, 2.75) is 62.0 Å². The number of hydrogen-bond acceptors (Lipinski definition) is 15. The van der Waals surface area contributed by atoms with Crippen LogP contribution in [0.25, 0.3) is 11.2 Å². The second-order valence-corrected chi connectivity index (χ2v) is 12.3.